The number of methoxy groups -OCH3 is 1. The van der Waals surface area contributed by atoms with Crippen LogP contribution in [0.2, 0.25) is 0 Å². The van der Waals surface area contributed by atoms with Crippen LogP contribution in [0.25, 0.3) is 0 Å². The van der Waals surface area contributed by atoms with E-state index in [-0.39, 0.29) is 16.3 Å². The second kappa shape index (κ2) is 6.00. The molecule has 1 amide bonds. The number of sulfonamides is 1. The summed E-state index contributed by atoms with van der Waals surface area (Å²) < 4.78 is 50.1. The second-order valence-corrected chi connectivity index (χ2v) is 8.27. The van der Waals surface area contributed by atoms with Gasteiger partial charge in [0.25, 0.3) is 0 Å². The fourth-order valence-electron chi connectivity index (χ4n) is 1.42. The molecule has 0 bridgehead atoms. The first-order chi connectivity index (χ1) is 9.46. The SMILES string of the molecule is COc1cc(NC(=O)C(C)S(C)(=O)=O)ccc1S(N)(=O)=O. The normalized spacial score (nSPS) is 13.5. The molecule has 0 heterocycles. The number of carbonyl (C=O) groups is 1. The lowest BCUT2D eigenvalue weighted by atomic mass is 10.3. The van der Waals surface area contributed by atoms with Crippen molar-refractivity contribution in [3.05, 3.63) is 18.2 Å². The van der Waals surface area contributed by atoms with E-state index in [1.54, 1.807) is 0 Å². The molecule has 1 unspecified atom stereocenters. The van der Waals surface area contributed by atoms with Crippen molar-refractivity contribution in [1.29, 1.82) is 0 Å². The lowest BCUT2D eigenvalue weighted by Crippen LogP contribution is -2.31. The number of ether oxygens (including phenoxy) is 1. The molecular formula is C11H16N2O6S2. The summed E-state index contributed by atoms with van der Waals surface area (Å²) in [6.07, 6.45) is 0.946. The smallest absolute Gasteiger partial charge is 0.242 e. The Kier molecular flexibility index (Phi) is 4.97. The van der Waals surface area contributed by atoms with E-state index >= 15 is 0 Å². The molecule has 3 N–H and O–H groups in total. The molecule has 1 aromatic rings. The molecule has 0 aliphatic heterocycles. The summed E-state index contributed by atoms with van der Waals surface area (Å²) in [5, 5.41) is 6.15. The maximum Gasteiger partial charge on any atom is 0.242 e. The number of rotatable bonds is 5. The number of hydrogen-bond acceptors (Lipinski definition) is 6. The average molecular weight is 336 g/mol. The predicted molar refractivity (Wildman–Crippen MR) is 77.3 cm³/mol. The zero-order valence-corrected chi connectivity index (χ0v) is 13.3. The number of carbonyl (C=O) groups excluding carboxylic acids is 1. The van der Waals surface area contributed by atoms with Gasteiger partial charge in [0.15, 0.2) is 9.84 Å². The summed E-state index contributed by atoms with van der Waals surface area (Å²) in [7, 11) is -6.25. The van der Waals surface area contributed by atoms with E-state index < -0.39 is 31.0 Å². The Morgan fingerprint density at radius 1 is 1.29 bits per heavy atom. The van der Waals surface area contributed by atoms with Gasteiger partial charge in [-0.2, -0.15) is 0 Å². The molecule has 8 nitrogen and oxygen atoms in total. The molecule has 21 heavy (non-hydrogen) atoms. The van der Waals surface area contributed by atoms with Gasteiger partial charge < -0.3 is 10.1 Å². The maximum absolute atomic E-state index is 11.8. The number of primary sulfonamides is 1. The van der Waals surface area contributed by atoms with Gasteiger partial charge >= 0.3 is 0 Å². The van der Waals surface area contributed by atoms with Crippen molar-refractivity contribution in [1.82, 2.24) is 0 Å². The Morgan fingerprint density at radius 2 is 1.86 bits per heavy atom. The number of amides is 1. The number of nitrogens with two attached hydrogens (primary N) is 1. The molecular weight excluding hydrogens is 320 g/mol. The molecule has 0 aliphatic carbocycles. The summed E-state index contributed by atoms with van der Waals surface area (Å²) in [4.78, 5) is 11.5. The van der Waals surface area contributed by atoms with Crippen LogP contribution in [0, 0.1) is 0 Å². The summed E-state index contributed by atoms with van der Waals surface area (Å²) >= 11 is 0. The topological polar surface area (TPSA) is 133 Å². The van der Waals surface area contributed by atoms with Crippen molar-refractivity contribution in [2.24, 2.45) is 5.14 Å². The van der Waals surface area contributed by atoms with Gasteiger partial charge in [0.1, 0.15) is 15.9 Å². The summed E-state index contributed by atoms with van der Waals surface area (Å²) in [5.74, 6) is -0.787. The first-order valence-electron chi connectivity index (χ1n) is 5.67. The Morgan fingerprint density at radius 3 is 2.29 bits per heavy atom. The molecule has 0 saturated carbocycles. The van der Waals surface area contributed by atoms with Gasteiger partial charge in [-0.05, 0) is 19.1 Å². The lowest BCUT2D eigenvalue weighted by Gasteiger charge is -2.12. The van der Waals surface area contributed by atoms with Gasteiger partial charge in [0.05, 0.1) is 7.11 Å². The number of anilines is 1. The summed E-state index contributed by atoms with van der Waals surface area (Å²) in [5.41, 5.74) is 0.194. The van der Waals surface area contributed by atoms with Crippen LogP contribution in [0.4, 0.5) is 5.69 Å². The fourth-order valence-corrected chi connectivity index (χ4v) is 2.55. The minimum absolute atomic E-state index is 0.0534. The van der Waals surface area contributed by atoms with E-state index in [1.807, 2.05) is 0 Å². The largest absolute Gasteiger partial charge is 0.495 e. The van der Waals surface area contributed by atoms with Crippen molar-refractivity contribution >= 4 is 31.5 Å². The van der Waals surface area contributed by atoms with Crippen molar-refractivity contribution in [2.45, 2.75) is 17.1 Å². The molecule has 0 aromatic heterocycles. The van der Waals surface area contributed by atoms with Crippen molar-refractivity contribution in [2.75, 3.05) is 18.7 Å². The highest BCUT2D eigenvalue weighted by Gasteiger charge is 2.24. The summed E-state index contributed by atoms with van der Waals surface area (Å²) in [6, 6.07) is 3.69. The van der Waals surface area contributed by atoms with Crippen LogP contribution in [-0.4, -0.2) is 41.4 Å². The molecule has 1 aromatic carbocycles. The minimum Gasteiger partial charge on any atom is -0.495 e. The quantitative estimate of drug-likeness (QED) is 0.759. The average Bonchev–Trinajstić information content (AvgIpc) is 2.35. The van der Waals surface area contributed by atoms with Crippen molar-refractivity contribution in [3.63, 3.8) is 0 Å². The maximum atomic E-state index is 11.8. The third-order valence-corrected chi connectivity index (χ3v) is 5.20. The van der Waals surface area contributed by atoms with Crippen LogP contribution in [0.3, 0.4) is 0 Å². The van der Waals surface area contributed by atoms with Crippen molar-refractivity contribution in [3.8, 4) is 5.75 Å². The molecule has 0 saturated heterocycles. The van der Waals surface area contributed by atoms with E-state index in [0.29, 0.717) is 0 Å². The van der Waals surface area contributed by atoms with Gasteiger partial charge in [0.2, 0.25) is 15.9 Å². The van der Waals surface area contributed by atoms with Gasteiger partial charge in [-0.15, -0.1) is 0 Å². The molecule has 0 fully saturated rings. The lowest BCUT2D eigenvalue weighted by molar-refractivity contribution is -0.115. The molecule has 0 spiro atoms. The molecule has 10 heteroatoms. The highest BCUT2D eigenvalue weighted by atomic mass is 32.2. The van der Waals surface area contributed by atoms with Crippen LogP contribution >= 0.6 is 0 Å². The first-order valence-corrected chi connectivity index (χ1v) is 9.17. The van der Waals surface area contributed by atoms with Crippen LogP contribution in [-0.2, 0) is 24.7 Å². The van der Waals surface area contributed by atoms with Crippen LogP contribution < -0.4 is 15.2 Å². The number of hydrogen-bond donors (Lipinski definition) is 2. The zero-order valence-electron chi connectivity index (χ0n) is 11.7. The zero-order chi connectivity index (χ0) is 16.4. The predicted octanol–water partition coefficient (Wildman–Crippen LogP) is -0.286. The third kappa shape index (κ3) is 4.41. The van der Waals surface area contributed by atoms with E-state index in [9.17, 15) is 21.6 Å². The monoisotopic (exact) mass is 336 g/mol. The van der Waals surface area contributed by atoms with Crippen molar-refractivity contribution < 1.29 is 26.4 Å². The molecule has 118 valence electrons. The van der Waals surface area contributed by atoms with Crippen LogP contribution in [0.15, 0.2) is 23.1 Å². The standard InChI is InChI=1S/C11H16N2O6S2/c1-7(20(3,15)16)11(14)13-8-4-5-10(21(12,17)18)9(6-8)19-2/h4-7H,1-3H3,(H,13,14)(H2,12,17,18). The molecule has 1 rings (SSSR count). The Hall–Kier alpha value is -1.65. The van der Waals surface area contributed by atoms with E-state index in [1.165, 1.54) is 26.2 Å². The highest BCUT2D eigenvalue weighted by molar-refractivity contribution is 7.92. The van der Waals surface area contributed by atoms with Crippen LogP contribution in [0.1, 0.15) is 6.92 Å². The van der Waals surface area contributed by atoms with Gasteiger partial charge in [-0.25, -0.2) is 22.0 Å². The molecule has 0 radical (unpaired) electrons. The third-order valence-electron chi connectivity index (χ3n) is 2.75. The number of sulfone groups is 1. The van der Waals surface area contributed by atoms with Gasteiger partial charge in [-0.1, -0.05) is 0 Å². The highest BCUT2D eigenvalue weighted by Crippen LogP contribution is 2.26. The molecule has 0 aliphatic rings. The number of nitrogens with one attached hydrogen (secondary N) is 1. The van der Waals surface area contributed by atoms with E-state index in [0.717, 1.165) is 12.3 Å². The van der Waals surface area contributed by atoms with Gasteiger partial charge in [0, 0.05) is 18.0 Å². The molecule has 1 atom stereocenters. The Bertz CT molecular complexity index is 755. The van der Waals surface area contributed by atoms with Gasteiger partial charge in [-0.3, -0.25) is 4.79 Å². The Labute approximate surface area is 123 Å². The Balaban J connectivity index is 3.10. The van der Waals surface area contributed by atoms with E-state index in [4.69, 9.17) is 9.88 Å². The fraction of sp³-hybridized carbons (Fsp3) is 0.364. The van der Waals surface area contributed by atoms with Crippen LogP contribution in [0.5, 0.6) is 5.75 Å². The second-order valence-electron chi connectivity index (χ2n) is 4.37. The first kappa shape index (κ1) is 17.4. The number of benzene rings is 1. The van der Waals surface area contributed by atoms with E-state index in [2.05, 4.69) is 5.32 Å². The minimum atomic E-state index is -3.96. The summed E-state index contributed by atoms with van der Waals surface area (Å²) in [6.45, 7) is 1.25.